The molecule has 14 heavy (non-hydrogen) atoms. The Morgan fingerprint density at radius 1 is 0.571 bits per heavy atom. The molecule has 0 aliphatic carbocycles. The second-order valence-corrected chi connectivity index (χ2v) is 5.10. The predicted octanol–water partition coefficient (Wildman–Crippen LogP) is -3.46. The van der Waals surface area contributed by atoms with Crippen molar-refractivity contribution in [1.29, 1.82) is 0 Å². The van der Waals surface area contributed by atoms with Gasteiger partial charge in [-0.3, -0.25) is 0 Å². The van der Waals surface area contributed by atoms with E-state index in [1.54, 1.807) is 0 Å². The lowest BCUT2D eigenvalue weighted by molar-refractivity contribution is 1.41. The largest absolute Gasteiger partial charge is 0.199 e. The van der Waals surface area contributed by atoms with Crippen LogP contribution < -0.4 is 0 Å². The lowest BCUT2D eigenvalue weighted by Gasteiger charge is -2.51. The van der Waals surface area contributed by atoms with Crippen molar-refractivity contribution in [3.8, 4) is 0 Å². The number of rotatable bonds is 0. The SMILES string of the molecule is SC12[B][B][B][B][B][B][B][B]C(S)([B]1)[B]2. The molecule has 3 aliphatic heterocycles. The molecule has 12 heteroatoms. The van der Waals surface area contributed by atoms with Crippen LogP contribution in [0.25, 0.3) is 0 Å². The van der Waals surface area contributed by atoms with Gasteiger partial charge in [-0.15, -0.1) is 0 Å². The van der Waals surface area contributed by atoms with Crippen molar-refractivity contribution in [3.63, 3.8) is 0 Å². The van der Waals surface area contributed by atoms with Crippen molar-refractivity contribution >= 4 is 96.5 Å². The van der Waals surface area contributed by atoms with E-state index < -0.39 is 0 Å². The van der Waals surface area contributed by atoms with E-state index in [0.29, 0.717) is 0 Å². The van der Waals surface area contributed by atoms with Gasteiger partial charge >= 0.3 is 0 Å². The third-order valence-electron chi connectivity index (χ3n) is 2.21. The molecular formula is C2H2B10S2. The molecule has 10 radical (unpaired) electrons. The highest BCUT2D eigenvalue weighted by Gasteiger charge is 2.50. The van der Waals surface area contributed by atoms with E-state index >= 15 is 0 Å². The van der Waals surface area contributed by atoms with Gasteiger partial charge in [0.25, 0.3) is 0 Å². The van der Waals surface area contributed by atoms with Crippen molar-refractivity contribution in [1.82, 2.24) is 0 Å². The van der Waals surface area contributed by atoms with E-state index in [1.807, 2.05) is 56.7 Å². The quantitative estimate of drug-likeness (QED) is 0.293. The molecule has 2 bridgehead atoms. The summed E-state index contributed by atoms with van der Waals surface area (Å²) in [5, 5.41) is 0. The smallest absolute Gasteiger partial charge is 0.108 e. The lowest BCUT2D eigenvalue weighted by Crippen LogP contribution is -2.74. The van der Waals surface area contributed by atoms with Crippen LogP contribution in [-0.2, 0) is 0 Å². The number of fused-ring (bicyclic) bond motifs is 7. The molecule has 3 aliphatic rings. The molecule has 0 unspecified atom stereocenters. The van der Waals surface area contributed by atoms with Crippen molar-refractivity contribution in [2.75, 3.05) is 0 Å². The van der Waals surface area contributed by atoms with Crippen LogP contribution in [0.5, 0.6) is 0 Å². The van der Waals surface area contributed by atoms with Crippen LogP contribution in [-0.4, -0.2) is 80.2 Å². The second kappa shape index (κ2) is 4.69. The molecule has 3 saturated heterocycles. The van der Waals surface area contributed by atoms with Gasteiger partial charge < -0.3 is 0 Å². The maximum Gasteiger partial charge on any atom is 0.108 e. The highest BCUT2D eigenvalue weighted by molar-refractivity contribution is 7.96. The first-order chi connectivity index (χ1) is 6.62. The Balaban J connectivity index is 1.90. The van der Waals surface area contributed by atoms with E-state index in [4.69, 9.17) is 0 Å². The van der Waals surface area contributed by atoms with E-state index in [9.17, 15) is 0 Å². The number of thiol groups is 2. The Kier molecular flexibility index (Phi) is 3.96. The zero-order chi connectivity index (χ0) is 10.1. The second-order valence-electron chi connectivity index (χ2n) is 3.55. The summed E-state index contributed by atoms with van der Waals surface area (Å²) >= 11 is 9.08. The van der Waals surface area contributed by atoms with E-state index in [0.717, 1.165) is 0 Å². The van der Waals surface area contributed by atoms with Gasteiger partial charge in [-0.1, -0.05) is 8.89 Å². The standard InChI is InChI=1S/C2H2B10S2/c13-1-3-2(14,4-1)6-8-10-12-11-9-7-5-1/h13-14H. The van der Waals surface area contributed by atoms with Crippen LogP contribution in [0, 0.1) is 0 Å². The molecule has 0 spiro atoms. The van der Waals surface area contributed by atoms with Crippen molar-refractivity contribution in [2.45, 2.75) is 8.89 Å². The predicted molar refractivity (Wildman–Crippen MR) is 81.0 cm³/mol. The van der Waals surface area contributed by atoms with Crippen LogP contribution in [0.3, 0.4) is 0 Å². The van der Waals surface area contributed by atoms with E-state index in [2.05, 4.69) is 39.8 Å². The average molecular weight is 198 g/mol. The first-order valence-corrected chi connectivity index (χ1v) is 5.41. The zero-order valence-corrected chi connectivity index (χ0v) is 9.46. The summed E-state index contributed by atoms with van der Waals surface area (Å²) in [5.74, 6) is 0. The molecule has 0 aromatic rings. The van der Waals surface area contributed by atoms with Gasteiger partial charge in [0.1, 0.15) is 14.6 Å². The summed E-state index contributed by atoms with van der Waals surface area (Å²) in [6, 6.07) is 0. The highest BCUT2D eigenvalue weighted by Crippen LogP contribution is 2.32. The Labute approximate surface area is 105 Å². The summed E-state index contributed by atoms with van der Waals surface area (Å²) in [6.07, 6.45) is 0. The first kappa shape index (κ1) is 11.8. The van der Waals surface area contributed by atoms with Gasteiger partial charge in [0.05, 0.1) is 14.3 Å². The average Bonchev–Trinajstić information content (AvgIpc) is 2.10. The minimum absolute atomic E-state index is 0.208. The van der Waals surface area contributed by atoms with Crippen LogP contribution in [0.1, 0.15) is 0 Å². The van der Waals surface area contributed by atoms with Gasteiger partial charge in [0.2, 0.25) is 0 Å². The fraction of sp³-hybridized carbons (Fsp3) is 1.00. The maximum absolute atomic E-state index is 4.54. The van der Waals surface area contributed by atoms with Gasteiger partial charge in [-0.25, -0.2) is 0 Å². The molecule has 0 saturated carbocycles. The van der Waals surface area contributed by atoms with E-state index in [1.165, 1.54) is 0 Å². The third-order valence-corrected chi connectivity index (χ3v) is 3.02. The summed E-state index contributed by atoms with van der Waals surface area (Å²) < 4.78 is -0.415. The highest BCUT2D eigenvalue weighted by atomic mass is 32.1. The molecule has 0 nitrogen and oxygen atoms in total. The number of hydrogen-bond acceptors (Lipinski definition) is 2. The minimum atomic E-state index is -0.208. The normalized spacial score (nSPS) is 39.3. The number of hydrogen-bond donors (Lipinski definition) is 2. The van der Waals surface area contributed by atoms with Crippen LogP contribution in [0.2, 0.25) is 0 Å². The molecule has 0 aromatic heterocycles. The summed E-state index contributed by atoms with van der Waals surface area (Å²) in [4.78, 5) is 0. The maximum atomic E-state index is 4.54. The molecular weight excluding hydrogens is 196 g/mol. The molecule has 52 valence electrons. The Bertz CT molecular complexity index is 182. The molecule has 0 atom stereocenters. The van der Waals surface area contributed by atoms with Gasteiger partial charge in [-0.05, 0) is 0 Å². The Morgan fingerprint density at radius 2 is 0.929 bits per heavy atom. The molecule has 0 amide bonds. The summed E-state index contributed by atoms with van der Waals surface area (Å²) in [7, 11) is 20.3. The molecule has 3 heterocycles. The van der Waals surface area contributed by atoms with Gasteiger partial charge in [0, 0.05) is 42.4 Å². The first-order valence-electron chi connectivity index (χ1n) is 4.51. The Hall–Kier alpha value is 1.35. The zero-order valence-electron chi connectivity index (χ0n) is 7.67. The molecule has 0 N–H and O–H groups in total. The Morgan fingerprint density at radius 3 is 1.36 bits per heavy atom. The third kappa shape index (κ3) is 2.93. The lowest BCUT2D eigenvalue weighted by atomic mass is 8.91. The molecule has 3 rings (SSSR count). The van der Waals surface area contributed by atoms with Crippen LogP contribution >= 0.6 is 25.3 Å². The molecule has 0 aromatic carbocycles. The van der Waals surface area contributed by atoms with Gasteiger partial charge in [0.15, 0.2) is 0 Å². The van der Waals surface area contributed by atoms with Crippen LogP contribution in [0.15, 0.2) is 0 Å². The monoisotopic (exact) mass is 200 g/mol. The molecule has 3 fully saturated rings. The van der Waals surface area contributed by atoms with Crippen molar-refractivity contribution in [3.05, 3.63) is 0 Å². The van der Waals surface area contributed by atoms with Crippen LogP contribution in [0.4, 0.5) is 0 Å². The fourth-order valence-electron chi connectivity index (χ4n) is 1.60. The summed E-state index contributed by atoms with van der Waals surface area (Å²) in [6.45, 7) is 0. The van der Waals surface area contributed by atoms with Gasteiger partial charge in [-0.2, -0.15) is 25.3 Å². The minimum Gasteiger partial charge on any atom is -0.199 e. The fourth-order valence-corrected chi connectivity index (χ4v) is 2.83. The van der Waals surface area contributed by atoms with E-state index in [-0.39, 0.29) is 8.89 Å². The topological polar surface area (TPSA) is 0 Å². The van der Waals surface area contributed by atoms with Crippen molar-refractivity contribution < 1.29 is 0 Å². The summed E-state index contributed by atoms with van der Waals surface area (Å²) in [5.41, 5.74) is 0. The van der Waals surface area contributed by atoms with Crippen molar-refractivity contribution in [2.24, 2.45) is 0 Å².